The summed E-state index contributed by atoms with van der Waals surface area (Å²) >= 11 is 13.1. The number of thioether (sulfide) groups is 1. The summed E-state index contributed by atoms with van der Waals surface area (Å²) in [5.74, 6) is -0.517. The first-order chi connectivity index (χ1) is 13.4. The number of hydrogen-bond donors (Lipinski definition) is 2. The fraction of sp³-hybridized carbons (Fsp3) is 0.158. The Morgan fingerprint density at radius 2 is 2.00 bits per heavy atom. The van der Waals surface area contributed by atoms with Crippen molar-refractivity contribution in [3.8, 4) is 0 Å². The third-order valence-electron chi connectivity index (χ3n) is 3.79. The lowest BCUT2D eigenvalue weighted by Crippen LogP contribution is -2.28. The minimum atomic E-state index is -0.557. The SMILES string of the molecule is Cc1ccc(NC(=O)C[C@H]2S/C(=N/N=C\c3ccc(Cl)cc3Cl)NC2=O)cc1. The Kier molecular flexibility index (Phi) is 6.72. The molecule has 1 saturated heterocycles. The molecule has 9 heteroatoms. The molecule has 3 rings (SSSR count). The van der Waals surface area contributed by atoms with E-state index < -0.39 is 5.25 Å². The van der Waals surface area contributed by atoms with Crippen molar-refractivity contribution < 1.29 is 9.59 Å². The third-order valence-corrected chi connectivity index (χ3v) is 5.43. The largest absolute Gasteiger partial charge is 0.326 e. The Morgan fingerprint density at radius 1 is 1.25 bits per heavy atom. The minimum absolute atomic E-state index is 0.0378. The highest BCUT2D eigenvalue weighted by molar-refractivity contribution is 8.15. The Hall–Kier alpha value is -2.35. The summed E-state index contributed by atoms with van der Waals surface area (Å²) in [4.78, 5) is 24.2. The van der Waals surface area contributed by atoms with Crippen LogP contribution in [0.15, 0.2) is 52.7 Å². The zero-order valence-corrected chi connectivity index (χ0v) is 17.1. The number of nitrogens with zero attached hydrogens (tertiary/aromatic N) is 2. The number of amidine groups is 1. The molecule has 0 bridgehead atoms. The molecule has 1 atom stereocenters. The predicted molar refractivity (Wildman–Crippen MR) is 115 cm³/mol. The number of carbonyl (C=O) groups is 2. The maximum absolute atomic E-state index is 12.2. The van der Waals surface area contributed by atoms with Crippen molar-refractivity contribution in [1.29, 1.82) is 0 Å². The molecule has 2 N–H and O–H groups in total. The first kappa shape index (κ1) is 20.4. The van der Waals surface area contributed by atoms with Crippen LogP contribution in [0.5, 0.6) is 0 Å². The van der Waals surface area contributed by atoms with Gasteiger partial charge in [0.15, 0.2) is 5.17 Å². The van der Waals surface area contributed by atoms with E-state index in [9.17, 15) is 9.59 Å². The molecule has 0 aliphatic carbocycles. The number of aryl methyl sites for hydroxylation is 1. The topological polar surface area (TPSA) is 82.9 Å². The molecule has 2 amide bonds. The maximum atomic E-state index is 12.2. The number of nitrogens with one attached hydrogen (secondary N) is 2. The van der Waals surface area contributed by atoms with Gasteiger partial charge in [-0.25, -0.2) is 0 Å². The number of carbonyl (C=O) groups excluding carboxylic acids is 2. The highest BCUT2D eigenvalue weighted by Gasteiger charge is 2.32. The smallest absolute Gasteiger partial charge is 0.240 e. The van der Waals surface area contributed by atoms with E-state index in [1.165, 1.54) is 6.21 Å². The van der Waals surface area contributed by atoms with Gasteiger partial charge >= 0.3 is 0 Å². The van der Waals surface area contributed by atoms with Crippen molar-refractivity contribution >= 4 is 63.8 Å². The zero-order valence-electron chi connectivity index (χ0n) is 14.8. The van der Waals surface area contributed by atoms with E-state index in [2.05, 4.69) is 20.8 Å². The summed E-state index contributed by atoms with van der Waals surface area (Å²) < 4.78 is 0. The second-order valence-corrected chi connectivity index (χ2v) is 8.06. The monoisotopic (exact) mass is 434 g/mol. The first-order valence-corrected chi connectivity index (χ1v) is 9.94. The lowest BCUT2D eigenvalue weighted by Gasteiger charge is -2.07. The van der Waals surface area contributed by atoms with Crippen LogP contribution in [0.2, 0.25) is 10.0 Å². The van der Waals surface area contributed by atoms with Crippen LogP contribution in [-0.2, 0) is 9.59 Å². The highest BCUT2D eigenvalue weighted by Crippen LogP contribution is 2.23. The number of hydrogen-bond acceptors (Lipinski definition) is 5. The van der Waals surface area contributed by atoms with Gasteiger partial charge in [-0.2, -0.15) is 5.10 Å². The van der Waals surface area contributed by atoms with Crippen LogP contribution in [0.4, 0.5) is 5.69 Å². The van der Waals surface area contributed by atoms with Gasteiger partial charge in [0.25, 0.3) is 0 Å². The fourth-order valence-electron chi connectivity index (χ4n) is 2.35. The minimum Gasteiger partial charge on any atom is -0.326 e. The Morgan fingerprint density at radius 3 is 2.71 bits per heavy atom. The molecular formula is C19H16Cl2N4O2S. The van der Waals surface area contributed by atoms with Crippen molar-refractivity contribution in [2.45, 2.75) is 18.6 Å². The molecule has 1 aliphatic rings. The van der Waals surface area contributed by atoms with Crippen LogP contribution < -0.4 is 10.6 Å². The molecule has 1 heterocycles. The summed E-state index contributed by atoms with van der Waals surface area (Å²) in [6, 6.07) is 12.5. The van der Waals surface area contributed by atoms with Gasteiger partial charge in [0.05, 0.1) is 11.2 Å². The van der Waals surface area contributed by atoms with Gasteiger partial charge in [-0.05, 0) is 31.2 Å². The number of amides is 2. The molecule has 0 radical (unpaired) electrons. The third kappa shape index (κ3) is 5.58. The molecule has 2 aromatic carbocycles. The molecular weight excluding hydrogens is 419 g/mol. The fourth-order valence-corrected chi connectivity index (χ4v) is 3.73. The van der Waals surface area contributed by atoms with Gasteiger partial charge in [0, 0.05) is 22.7 Å². The Bertz CT molecular complexity index is 961. The van der Waals surface area contributed by atoms with Crippen LogP contribution in [0.25, 0.3) is 0 Å². The lowest BCUT2D eigenvalue weighted by atomic mass is 10.2. The summed E-state index contributed by atoms with van der Waals surface area (Å²) in [5, 5.41) is 14.1. The number of benzene rings is 2. The lowest BCUT2D eigenvalue weighted by molar-refractivity contribution is -0.122. The van der Waals surface area contributed by atoms with Crippen LogP contribution in [0, 0.1) is 6.92 Å². The van der Waals surface area contributed by atoms with Crippen molar-refractivity contribution in [1.82, 2.24) is 5.32 Å². The van der Waals surface area contributed by atoms with E-state index >= 15 is 0 Å². The Balaban J connectivity index is 1.56. The van der Waals surface area contributed by atoms with Gasteiger partial charge in [0.2, 0.25) is 11.8 Å². The van der Waals surface area contributed by atoms with Gasteiger partial charge in [-0.1, -0.05) is 58.7 Å². The van der Waals surface area contributed by atoms with Crippen molar-refractivity contribution in [3.05, 3.63) is 63.6 Å². The van der Waals surface area contributed by atoms with Crippen LogP contribution in [0.3, 0.4) is 0 Å². The van der Waals surface area contributed by atoms with E-state index in [1.54, 1.807) is 18.2 Å². The molecule has 0 saturated carbocycles. The second-order valence-electron chi connectivity index (χ2n) is 6.03. The summed E-state index contributed by atoms with van der Waals surface area (Å²) in [5.41, 5.74) is 2.45. The average Bonchev–Trinajstić information content (AvgIpc) is 2.98. The maximum Gasteiger partial charge on any atom is 0.240 e. The summed E-state index contributed by atoms with van der Waals surface area (Å²) in [6.07, 6.45) is 1.51. The van der Waals surface area contributed by atoms with E-state index in [0.29, 0.717) is 26.5 Å². The van der Waals surface area contributed by atoms with Gasteiger partial charge < -0.3 is 10.6 Å². The molecule has 1 fully saturated rings. The molecule has 1 aliphatic heterocycles. The predicted octanol–water partition coefficient (Wildman–Crippen LogP) is 4.25. The van der Waals surface area contributed by atoms with Gasteiger partial charge in [0.1, 0.15) is 5.25 Å². The van der Waals surface area contributed by atoms with Crippen LogP contribution in [0.1, 0.15) is 17.5 Å². The number of rotatable bonds is 5. The van der Waals surface area contributed by atoms with Crippen molar-refractivity contribution in [3.63, 3.8) is 0 Å². The van der Waals surface area contributed by atoms with E-state index in [1.807, 2.05) is 31.2 Å². The van der Waals surface area contributed by atoms with Crippen molar-refractivity contribution in [2.75, 3.05) is 5.32 Å². The average molecular weight is 435 g/mol. The molecule has 0 aromatic heterocycles. The van der Waals surface area contributed by atoms with Crippen LogP contribution in [-0.4, -0.2) is 28.4 Å². The highest BCUT2D eigenvalue weighted by atomic mass is 35.5. The molecule has 2 aromatic rings. The molecule has 0 spiro atoms. The number of halogens is 2. The molecule has 28 heavy (non-hydrogen) atoms. The van der Waals surface area contributed by atoms with E-state index in [4.69, 9.17) is 23.2 Å². The van der Waals surface area contributed by atoms with E-state index in [-0.39, 0.29) is 18.2 Å². The quantitative estimate of drug-likeness (QED) is 0.544. The summed E-state index contributed by atoms with van der Waals surface area (Å²) in [6.45, 7) is 1.97. The second kappa shape index (κ2) is 9.23. The van der Waals surface area contributed by atoms with Gasteiger partial charge in [-0.15, -0.1) is 5.10 Å². The molecule has 6 nitrogen and oxygen atoms in total. The molecule has 144 valence electrons. The Labute approximate surface area is 176 Å². The van der Waals surface area contributed by atoms with Crippen molar-refractivity contribution in [2.24, 2.45) is 10.2 Å². The first-order valence-electron chi connectivity index (χ1n) is 8.31. The van der Waals surface area contributed by atoms with E-state index in [0.717, 1.165) is 17.3 Å². The standard InChI is InChI=1S/C19H16Cl2N4O2S/c1-11-2-6-14(7-3-11)23-17(26)9-16-18(27)24-19(28-16)25-22-10-12-4-5-13(20)8-15(12)21/h2-8,10,16H,9H2,1H3,(H,23,26)(H,24,25,27)/b22-10-/t16-/m1/s1. The molecule has 0 unspecified atom stereocenters. The van der Waals surface area contributed by atoms with Crippen LogP contribution >= 0.6 is 35.0 Å². The van der Waals surface area contributed by atoms with Gasteiger partial charge in [-0.3, -0.25) is 9.59 Å². The zero-order chi connectivity index (χ0) is 20.1. The summed E-state index contributed by atoms with van der Waals surface area (Å²) in [7, 11) is 0. The number of anilines is 1. The normalized spacial score (nSPS) is 17.9.